The fourth-order valence-corrected chi connectivity index (χ4v) is 6.15. The van der Waals surface area contributed by atoms with Gasteiger partial charge in [0, 0.05) is 29.3 Å². The minimum atomic E-state index is -4.68. The number of esters is 1. The number of aromatic nitrogens is 1. The molecule has 2 N–H and O–H groups in total. The van der Waals surface area contributed by atoms with Gasteiger partial charge >= 0.3 is 18.2 Å². The third-order valence-corrected chi connectivity index (χ3v) is 8.21. The number of nitrogens with one attached hydrogen (secondary N) is 2. The number of carbonyl (C=O) groups is 2. The summed E-state index contributed by atoms with van der Waals surface area (Å²) in [6, 6.07) is 17.7. The van der Waals surface area contributed by atoms with Crippen LogP contribution in [0, 0.1) is 0 Å². The molecule has 4 aromatic rings. The van der Waals surface area contributed by atoms with E-state index in [-0.39, 0.29) is 18.3 Å². The van der Waals surface area contributed by atoms with Crippen molar-refractivity contribution in [3.05, 3.63) is 83.0 Å². The maximum absolute atomic E-state index is 13.4. The van der Waals surface area contributed by atoms with Gasteiger partial charge in [0.25, 0.3) is 0 Å². The second-order valence-corrected chi connectivity index (χ2v) is 11.1. The van der Waals surface area contributed by atoms with Crippen molar-refractivity contribution in [1.29, 1.82) is 0 Å². The number of carbonyl (C=O) groups excluding carboxylic acids is 2. The molecule has 0 spiro atoms. The Morgan fingerprint density at radius 3 is 2.43 bits per heavy atom. The van der Waals surface area contributed by atoms with Gasteiger partial charge in [0.1, 0.15) is 5.69 Å². The molecule has 3 aromatic carbocycles. The number of benzene rings is 3. The smallest absolute Gasteiger partial charge is 0.417 e. The molecule has 5 rings (SSSR count). The second kappa shape index (κ2) is 13.2. The van der Waals surface area contributed by atoms with Gasteiger partial charge in [0.05, 0.1) is 34.1 Å². The number of anilines is 3. The van der Waals surface area contributed by atoms with Crippen LogP contribution >= 0.6 is 11.6 Å². The minimum Gasteiger partial charge on any atom is -0.461 e. The summed E-state index contributed by atoms with van der Waals surface area (Å²) in [5.41, 5.74) is 1.84. The highest BCUT2D eigenvalue weighted by atomic mass is 35.5. The molecule has 1 saturated carbocycles. The van der Waals surface area contributed by atoms with Gasteiger partial charge in [0.2, 0.25) is 0 Å². The Kier molecular flexibility index (Phi) is 9.39. The van der Waals surface area contributed by atoms with Crippen LogP contribution in [0.5, 0.6) is 0 Å². The number of nitrogens with zero attached hydrogens (tertiary/aromatic N) is 2. The van der Waals surface area contributed by atoms with Gasteiger partial charge in [-0.05, 0) is 75.2 Å². The molecule has 1 fully saturated rings. The Hall–Kier alpha value is -4.18. The number of ether oxygens (including phenoxy) is 1. The number of hydrogen-bond donors (Lipinski definition) is 2. The molecule has 0 radical (unpaired) electrons. The molecule has 2 amide bonds. The van der Waals surface area contributed by atoms with E-state index in [1.165, 1.54) is 12.5 Å². The Bertz CT molecular complexity index is 1660. The summed E-state index contributed by atoms with van der Waals surface area (Å²) in [5, 5.41) is 5.77. The monoisotopic (exact) mass is 626 g/mol. The zero-order chi connectivity index (χ0) is 31.4. The van der Waals surface area contributed by atoms with E-state index in [4.69, 9.17) is 16.3 Å². The number of amides is 2. The van der Waals surface area contributed by atoms with Gasteiger partial charge in [-0.3, -0.25) is 0 Å². The summed E-state index contributed by atoms with van der Waals surface area (Å²) in [7, 11) is 0. The van der Waals surface area contributed by atoms with E-state index in [0.29, 0.717) is 23.6 Å². The molecule has 0 bridgehead atoms. The van der Waals surface area contributed by atoms with E-state index in [2.05, 4.69) is 22.5 Å². The summed E-state index contributed by atoms with van der Waals surface area (Å²) in [6.45, 7) is 4.69. The average molecular weight is 627 g/mol. The largest absolute Gasteiger partial charge is 0.461 e. The molecule has 0 aliphatic heterocycles. The van der Waals surface area contributed by atoms with Crippen LogP contribution in [0.4, 0.5) is 35.0 Å². The first kappa shape index (κ1) is 31.3. The molecule has 7 nitrogen and oxygen atoms in total. The van der Waals surface area contributed by atoms with Crippen LogP contribution in [0.1, 0.15) is 62.0 Å². The number of para-hydroxylation sites is 1. The summed E-state index contributed by atoms with van der Waals surface area (Å²) in [4.78, 5) is 28.6. The van der Waals surface area contributed by atoms with Crippen LogP contribution < -0.4 is 15.5 Å². The van der Waals surface area contributed by atoms with Gasteiger partial charge in [-0.2, -0.15) is 13.2 Å². The maximum atomic E-state index is 13.4. The van der Waals surface area contributed by atoms with Crippen molar-refractivity contribution in [2.24, 2.45) is 0 Å². The number of rotatable bonds is 8. The van der Waals surface area contributed by atoms with Crippen LogP contribution in [0.15, 0.2) is 66.7 Å². The zero-order valence-electron chi connectivity index (χ0n) is 24.5. The first-order chi connectivity index (χ1) is 21.1. The van der Waals surface area contributed by atoms with Crippen LogP contribution in [0.3, 0.4) is 0 Å². The number of fused-ring (bicyclic) bond motifs is 1. The van der Waals surface area contributed by atoms with Crippen molar-refractivity contribution in [2.45, 2.75) is 58.2 Å². The van der Waals surface area contributed by atoms with Crippen LogP contribution in [0.25, 0.3) is 16.6 Å². The Morgan fingerprint density at radius 2 is 1.73 bits per heavy atom. The highest BCUT2D eigenvalue weighted by Crippen LogP contribution is 2.38. The molecule has 1 aliphatic rings. The lowest BCUT2D eigenvalue weighted by Gasteiger charge is -2.36. The number of alkyl halides is 3. The topological polar surface area (TPSA) is 75.6 Å². The fraction of sp³-hybridized carbons (Fsp3) is 0.333. The standard InChI is InChI=1S/C33H34ClF3N4O3/c1-3-40(23-11-6-5-7-12-23)29-17-15-24(41-28-13-9-8-10-21(28)18-30(41)31(42)44-4-2)20-27(29)39-32(43)38-22-14-16-26(34)25(19-22)33(35,36)37/h8-10,13-20,23H,3-7,11-12H2,1-2H3,(H2,38,39,43). The van der Waals surface area contributed by atoms with E-state index in [1.54, 1.807) is 23.6 Å². The van der Waals surface area contributed by atoms with Crippen molar-refractivity contribution in [3.8, 4) is 5.69 Å². The molecule has 1 aliphatic carbocycles. The molecular weight excluding hydrogens is 593 g/mol. The van der Waals surface area contributed by atoms with Crippen molar-refractivity contribution >= 4 is 51.6 Å². The summed E-state index contributed by atoms with van der Waals surface area (Å²) < 4.78 is 47.5. The molecule has 1 heterocycles. The lowest BCUT2D eigenvalue weighted by atomic mass is 9.93. The van der Waals surface area contributed by atoms with Crippen LogP contribution in [0.2, 0.25) is 5.02 Å². The third-order valence-electron chi connectivity index (χ3n) is 7.88. The van der Waals surface area contributed by atoms with E-state index in [0.717, 1.165) is 54.4 Å². The Morgan fingerprint density at radius 1 is 0.977 bits per heavy atom. The van der Waals surface area contributed by atoms with E-state index >= 15 is 0 Å². The Labute approximate surface area is 258 Å². The molecule has 0 saturated heterocycles. The van der Waals surface area contributed by atoms with Crippen molar-refractivity contribution in [1.82, 2.24) is 4.57 Å². The van der Waals surface area contributed by atoms with Crippen molar-refractivity contribution in [2.75, 3.05) is 28.7 Å². The lowest BCUT2D eigenvalue weighted by Crippen LogP contribution is -2.37. The molecule has 1 aromatic heterocycles. The van der Waals surface area contributed by atoms with Crippen LogP contribution in [-0.2, 0) is 10.9 Å². The lowest BCUT2D eigenvalue weighted by molar-refractivity contribution is -0.137. The zero-order valence-corrected chi connectivity index (χ0v) is 25.3. The van der Waals surface area contributed by atoms with Crippen LogP contribution in [-0.4, -0.2) is 35.8 Å². The highest BCUT2D eigenvalue weighted by Gasteiger charge is 2.33. The molecule has 0 atom stereocenters. The highest BCUT2D eigenvalue weighted by molar-refractivity contribution is 6.31. The van der Waals surface area contributed by atoms with Gasteiger partial charge in [-0.15, -0.1) is 0 Å². The molecule has 232 valence electrons. The number of hydrogen-bond acceptors (Lipinski definition) is 4. The van der Waals surface area contributed by atoms with E-state index in [9.17, 15) is 22.8 Å². The summed E-state index contributed by atoms with van der Waals surface area (Å²) in [5.74, 6) is -0.486. The van der Waals surface area contributed by atoms with Crippen molar-refractivity contribution < 1.29 is 27.5 Å². The molecule has 11 heteroatoms. The maximum Gasteiger partial charge on any atom is 0.417 e. The summed E-state index contributed by atoms with van der Waals surface area (Å²) in [6.07, 6.45) is 0.754. The first-order valence-corrected chi connectivity index (χ1v) is 15.1. The predicted octanol–water partition coefficient (Wildman–Crippen LogP) is 9.28. The normalized spacial score (nSPS) is 14.0. The molecule has 0 unspecified atom stereocenters. The molecule has 44 heavy (non-hydrogen) atoms. The van der Waals surface area contributed by atoms with Gasteiger partial charge < -0.3 is 24.8 Å². The van der Waals surface area contributed by atoms with Gasteiger partial charge in [-0.25, -0.2) is 9.59 Å². The average Bonchev–Trinajstić information content (AvgIpc) is 3.39. The van der Waals surface area contributed by atoms with Gasteiger partial charge in [-0.1, -0.05) is 49.1 Å². The molecular formula is C33H34ClF3N4O3. The Balaban J connectivity index is 1.57. The SMILES string of the molecule is CCOC(=O)c1cc2ccccc2n1-c1ccc(N(CC)C2CCCCC2)c(NC(=O)Nc2ccc(Cl)c(C(F)(F)F)c2)c1. The summed E-state index contributed by atoms with van der Waals surface area (Å²) >= 11 is 5.77. The van der Waals surface area contributed by atoms with E-state index < -0.39 is 28.8 Å². The quantitative estimate of drug-likeness (QED) is 0.191. The minimum absolute atomic E-state index is 0.0578. The second-order valence-electron chi connectivity index (χ2n) is 10.7. The van der Waals surface area contributed by atoms with Crippen molar-refractivity contribution in [3.63, 3.8) is 0 Å². The van der Waals surface area contributed by atoms with Gasteiger partial charge in [0.15, 0.2) is 0 Å². The third kappa shape index (κ3) is 6.65. The van der Waals surface area contributed by atoms with E-state index in [1.807, 2.05) is 36.4 Å². The number of urea groups is 1. The predicted molar refractivity (Wildman–Crippen MR) is 168 cm³/mol. The first-order valence-electron chi connectivity index (χ1n) is 14.7. The fourth-order valence-electron chi connectivity index (χ4n) is 5.92. The number of halogens is 4.